The number of hydrogen-bond donors (Lipinski definition) is 2. The van der Waals surface area contributed by atoms with Gasteiger partial charge in [-0.25, -0.2) is 10.5 Å². The molecule has 0 aliphatic rings. The van der Waals surface area contributed by atoms with E-state index in [1.165, 1.54) is 0 Å². The molecule has 0 rings (SSSR count). The van der Waals surface area contributed by atoms with Crippen LogP contribution in [-0.4, -0.2) is 34.4 Å². The molecule has 0 saturated carbocycles. The zero-order valence-corrected chi connectivity index (χ0v) is 10.2. The lowest BCUT2D eigenvalue weighted by Gasteiger charge is -2.28. The Kier molecular flexibility index (Phi) is 6.11. The largest absolute Gasteiger partial charge is 0.405 e. The Morgan fingerprint density at radius 2 is 1.11 bits per heavy atom. The summed E-state index contributed by atoms with van der Waals surface area (Å²) in [7, 11) is 0. The Balaban J connectivity index is 4.57. The van der Waals surface area contributed by atoms with E-state index in [9.17, 15) is 9.59 Å². The predicted molar refractivity (Wildman–Crippen MR) is 49.9 cm³/mol. The Labute approximate surface area is 102 Å². The van der Waals surface area contributed by atoms with Crippen LogP contribution in [0, 0.1) is 0 Å². The molecule has 0 bridgehead atoms. The van der Waals surface area contributed by atoms with Gasteiger partial charge in [-0.2, -0.15) is 19.6 Å². The van der Waals surface area contributed by atoms with Gasteiger partial charge in [0.1, 0.15) is 0 Å². The SMILES string of the molecule is CC(=O)OC(C)(OO)OOC(C)(OO)OC(C)=O. The van der Waals surface area contributed by atoms with Crippen LogP contribution in [0.15, 0.2) is 0 Å². The van der Waals surface area contributed by atoms with E-state index in [0.717, 1.165) is 27.7 Å². The third-order valence-electron chi connectivity index (χ3n) is 1.33. The van der Waals surface area contributed by atoms with Crippen molar-refractivity contribution in [3.8, 4) is 0 Å². The van der Waals surface area contributed by atoms with Gasteiger partial charge in [-0.3, -0.25) is 9.59 Å². The maximum Gasteiger partial charge on any atom is 0.380 e. The normalized spacial score (nSPS) is 17.4. The van der Waals surface area contributed by atoms with Gasteiger partial charge in [0, 0.05) is 27.7 Å². The Morgan fingerprint density at radius 3 is 1.28 bits per heavy atom. The highest BCUT2D eigenvalue weighted by Gasteiger charge is 2.40. The third-order valence-corrected chi connectivity index (χ3v) is 1.33. The fourth-order valence-corrected chi connectivity index (χ4v) is 0.775. The van der Waals surface area contributed by atoms with Crippen LogP contribution in [0.3, 0.4) is 0 Å². The van der Waals surface area contributed by atoms with Crippen molar-refractivity contribution in [2.24, 2.45) is 0 Å². The molecule has 0 radical (unpaired) electrons. The van der Waals surface area contributed by atoms with Gasteiger partial charge in [-0.1, -0.05) is 0 Å². The molecule has 0 aliphatic heterocycles. The standard InChI is InChI=1S/C8H14O10/c1-5(9)13-7(3,15-11)17-18-8(4,16-12)14-6(2)10/h11-12H,1-4H3. The summed E-state index contributed by atoms with van der Waals surface area (Å²) >= 11 is 0. The van der Waals surface area contributed by atoms with Crippen molar-refractivity contribution in [3.05, 3.63) is 0 Å². The van der Waals surface area contributed by atoms with Crippen LogP contribution >= 0.6 is 0 Å². The van der Waals surface area contributed by atoms with Crippen molar-refractivity contribution in [1.82, 2.24) is 0 Å². The van der Waals surface area contributed by atoms with Crippen LogP contribution in [0.25, 0.3) is 0 Å². The van der Waals surface area contributed by atoms with E-state index in [4.69, 9.17) is 10.5 Å². The minimum Gasteiger partial charge on any atom is -0.405 e. The molecule has 0 fully saturated rings. The molecular weight excluding hydrogens is 256 g/mol. The summed E-state index contributed by atoms with van der Waals surface area (Å²) in [6, 6.07) is 0. The highest BCUT2D eigenvalue weighted by molar-refractivity contribution is 5.66. The number of rotatable bonds is 7. The zero-order valence-electron chi connectivity index (χ0n) is 10.2. The van der Waals surface area contributed by atoms with Crippen LogP contribution < -0.4 is 0 Å². The molecule has 2 atom stereocenters. The lowest BCUT2D eigenvalue weighted by atomic mass is 10.6. The summed E-state index contributed by atoms with van der Waals surface area (Å²) < 4.78 is 8.79. The minimum absolute atomic E-state index is 0.866. The topological polar surface area (TPSA) is 130 Å². The van der Waals surface area contributed by atoms with Gasteiger partial charge in [-0.15, -0.1) is 0 Å². The van der Waals surface area contributed by atoms with E-state index in [0.29, 0.717) is 0 Å². The lowest BCUT2D eigenvalue weighted by Crippen LogP contribution is -2.43. The fraction of sp³-hybridized carbons (Fsp3) is 0.750. The van der Waals surface area contributed by atoms with Crippen molar-refractivity contribution < 1.29 is 49.1 Å². The van der Waals surface area contributed by atoms with E-state index < -0.39 is 23.9 Å². The van der Waals surface area contributed by atoms with E-state index in [2.05, 4.69) is 29.0 Å². The minimum atomic E-state index is -2.34. The molecule has 0 aromatic carbocycles. The van der Waals surface area contributed by atoms with Crippen LogP contribution in [0.2, 0.25) is 0 Å². The molecule has 10 heteroatoms. The molecule has 0 heterocycles. The van der Waals surface area contributed by atoms with Gasteiger partial charge in [0.2, 0.25) is 0 Å². The molecular formula is C8H14O10. The Hall–Kier alpha value is -1.30. The Morgan fingerprint density at radius 1 is 0.833 bits per heavy atom. The number of ether oxygens (including phenoxy) is 2. The van der Waals surface area contributed by atoms with E-state index in [1.54, 1.807) is 0 Å². The summed E-state index contributed by atoms with van der Waals surface area (Å²) in [5.74, 6) is -6.42. The molecule has 0 aliphatic carbocycles. The molecule has 0 amide bonds. The molecule has 0 aromatic rings. The molecule has 0 aromatic heterocycles. The van der Waals surface area contributed by atoms with E-state index >= 15 is 0 Å². The van der Waals surface area contributed by atoms with Gasteiger partial charge < -0.3 is 9.47 Å². The highest BCUT2D eigenvalue weighted by Crippen LogP contribution is 2.21. The van der Waals surface area contributed by atoms with Crippen molar-refractivity contribution >= 4 is 11.9 Å². The van der Waals surface area contributed by atoms with Crippen molar-refractivity contribution in [2.75, 3.05) is 0 Å². The first-order chi connectivity index (χ1) is 8.16. The maximum atomic E-state index is 10.7. The van der Waals surface area contributed by atoms with Crippen LogP contribution in [0.1, 0.15) is 27.7 Å². The smallest absolute Gasteiger partial charge is 0.380 e. The first-order valence-corrected chi connectivity index (χ1v) is 4.57. The predicted octanol–water partition coefficient (Wildman–Crippen LogP) is 0.387. The van der Waals surface area contributed by atoms with Crippen molar-refractivity contribution in [3.63, 3.8) is 0 Å². The Bertz CT molecular complexity index is 274. The average molecular weight is 270 g/mol. The number of carbonyl (C=O) groups is 2. The van der Waals surface area contributed by atoms with Gasteiger partial charge in [0.25, 0.3) is 0 Å². The first kappa shape index (κ1) is 16.7. The zero-order chi connectivity index (χ0) is 14.4. The molecule has 2 N–H and O–H groups in total. The van der Waals surface area contributed by atoms with Crippen LogP contribution in [0.4, 0.5) is 0 Å². The van der Waals surface area contributed by atoms with Crippen LogP contribution in [-0.2, 0) is 38.6 Å². The monoisotopic (exact) mass is 270 g/mol. The molecule has 0 saturated heterocycles. The van der Waals surface area contributed by atoms with Gasteiger partial charge in [-0.05, 0) is 0 Å². The molecule has 10 nitrogen and oxygen atoms in total. The summed E-state index contributed by atoms with van der Waals surface area (Å²) in [6.07, 6.45) is 0. The van der Waals surface area contributed by atoms with E-state index in [1.807, 2.05) is 0 Å². The number of carbonyl (C=O) groups excluding carboxylic acids is 2. The third kappa shape index (κ3) is 5.86. The summed E-state index contributed by atoms with van der Waals surface area (Å²) in [5, 5.41) is 17.0. The van der Waals surface area contributed by atoms with Crippen molar-refractivity contribution in [2.45, 2.75) is 39.6 Å². The van der Waals surface area contributed by atoms with Gasteiger partial charge >= 0.3 is 23.9 Å². The summed E-state index contributed by atoms with van der Waals surface area (Å²) in [4.78, 5) is 37.5. The first-order valence-electron chi connectivity index (χ1n) is 4.57. The van der Waals surface area contributed by atoms with Crippen molar-refractivity contribution in [1.29, 1.82) is 0 Å². The quantitative estimate of drug-likeness (QED) is 0.290. The lowest BCUT2D eigenvalue weighted by molar-refractivity contribution is -0.629. The molecule has 18 heavy (non-hydrogen) atoms. The molecule has 106 valence electrons. The fourth-order valence-electron chi connectivity index (χ4n) is 0.775. The van der Waals surface area contributed by atoms with Gasteiger partial charge in [0.15, 0.2) is 0 Å². The summed E-state index contributed by atoms with van der Waals surface area (Å²) in [5.41, 5.74) is 0. The molecule has 0 spiro atoms. The number of hydrogen-bond acceptors (Lipinski definition) is 10. The average Bonchev–Trinajstić information content (AvgIpc) is 2.25. The highest BCUT2D eigenvalue weighted by atomic mass is 17.4. The second-order valence-corrected chi connectivity index (χ2v) is 3.26. The molecule has 2 unspecified atom stereocenters. The van der Waals surface area contributed by atoms with E-state index in [-0.39, 0.29) is 0 Å². The van der Waals surface area contributed by atoms with Crippen LogP contribution in [0.5, 0.6) is 0 Å². The van der Waals surface area contributed by atoms with Gasteiger partial charge in [0.05, 0.1) is 0 Å². The maximum absolute atomic E-state index is 10.7. The second kappa shape index (κ2) is 6.58. The number of esters is 2. The summed E-state index contributed by atoms with van der Waals surface area (Å²) in [6.45, 7) is 3.93. The second-order valence-electron chi connectivity index (χ2n) is 3.26.